The normalized spacial score (nSPS) is 11.9. The zero-order valence-electron chi connectivity index (χ0n) is 27.5. The number of anilines is 3. The van der Waals surface area contributed by atoms with Crippen LogP contribution in [0.5, 0.6) is 0 Å². The highest BCUT2D eigenvalue weighted by Gasteiger charge is 2.18. The van der Waals surface area contributed by atoms with Crippen LogP contribution < -0.4 is 4.90 Å². The van der Waals surface area contributed by atoms with E-state index < -0.39 is 0 Å². The van der Waals surface area contributed by atoms with Crippen LogP contribution in [0, 0.1) is 0 Å². The summed E-state index contributed by atoms with van der Waals surface area (Å²) in [6.45, 7) is 0. The lowest BCUT2D eigenvalue weighted by Gasteiger charge is -2.26. The van der Waals surface area contributed by atoms with E-state index in [2.05, 4.69) is 181 Å². The van der Waals surface area contributed by atoms with Crippen molar-refractivity contribution in [1.29, 1.82) is 0 Å². The summed E-state index contributed by atoms with van der Waals surface area (Å²) in [7, 11) is 0. The van der Waals surface area contributed by atoms with Gasteiger partial charge in [0, 0.05) is 57.4 Å². The van der Waals surface area contributed by atoms with Crippen molar-refractivity contribution in [3.05, 3.63) is 176 Å². The minimum absolute atomic E-state index is 1.13. The van der Waals surface area contributed by atoms with E-state index in [0.717, 1.165) is 17.1 Å². The van der Waals surface area contributed by atoms with Crippen LogP contribution in [0.2, 0.25) is 0 Å². The molecule has 0 radical (unpaired) electrons. The molecule has 51 heavy (non-hydrogen) atoms. The van der Waals surface area contributed by atoms with Gasteiger partial charge < -0.3 is 4.90 Å². The third-order valence-electron chi connectivity index (χ3n) is 10.4. The number of thiophene rings is 2. The molecular weight excluding hydrogens is 655 g/mol. The number of hydrogen-bond donors (Lipinski definition) is 0. The molecular formula is C48H29NS2. The second kappa shape index (κ2) is 11.3. The highest BCUT2D eigenvalue weighted by molar-refractivity contribution is 7.26. The molecule has 0 aliphatic heterocycles. The quantitative estimate of drug-likeness (QED) is 0.167. The Morgan fingerprint density at radius 2 is 0.804 bits per heavy atom. The standard InChI is InChI=1S/C48H29NS2/c1-2-10-36-30(9-1)17-18-32-27-43(37-11-3-4-14-42(37)48(32)36)31-19-21-33(22-20-31)49(34-23-25-40-38-12-5-7-15-44(38)50-46(40)28-34)35-24-26-41-39-13-6-8-16-45(39)51-47(41)29-35/h1-29H. The Kier molecular flexibility index (Phi) is 6.36. The van der Waals surface area contributed by atoms with Crippen LogP contribution in [0.15, 0.2) is 176 Å². The van der Waals surface area contributed by atoms with Crippen LogP contribution in [0.1, 0.15) is 0 Å². The molecule has 0 aliphatic rings. The minimum atomic E-state index is 1.13. The van der Waals surface area contributed by atoms with Crippen molar-refractivity contribution in [2.45, 2.75) is 0 Å². The average Bonchev–Trinajstić information content (AvgIpc) is 3.75. The third-order valence-corrected chi connectivity index (χ3v) is 12.7. The van der Waals surface area contributed by atoms with Crippen molar-refractivity contribution in [3.8, 4) is 11.1 Å². The first-order chi connectivity index (χ1) is 25.3. The van der Waals surface area contributed by atoms with Crippen LogP contribution in [0.3, 0.4) is 0 Å². The smallest absolute Gasteiger partial charge is 0.0476 e. The summed E-state index contributed by atoms with van der Waals surface area (Å²) < 4.78 is 5.24. The molecule has 11 rings (SSSR count). The molecule has 0 atom stereocenters. The third kappa shape index (κ3) is 4.52. The van der Waals surface area contributed by atoms with Gasteiger partial charge in [-0.2, -0.15) is 0 Å². The van der Waals surface area contributed by atoms with Gasteiger partial charge in [-0.15, -0.1) is 22.7 Å². The lowest BCUT2D eigenvalue weighted by molar-refractivity contribution is 1.30. The van der Waals surface area contributed by atoms with Crippen molar-refractivity contribution in [2.24, 2.45) is 0 Å². The van der Waals surface area contributed by atoms with Gasteiger partial charge in [-0.3, -0.25) is 0 Å². The molecule has 0 N–H and O–H groups in total. The van der Waals surface area contributed by atoms with Gasteiger partial charge in [0.15, 0.2) is 0 Å². The van der Waals surface area contributed by atoms with Crippen molar-refractivity contribution < 1.29 is 0 Å². The molecule has 0 unspecified atom stereocenters. The zero-order chi connectivity index (χ0) is 33.5. The fraction of sp³-hybridized carbons (Fsp3) is 0. The second-order valence-electron chi connectivity index (χ2n) is 13.3. The Labute approximate surface area is 302 Å². The van der Waals surface area contributed by atoms with E-state index in [1.807, 2.05) is 22.7 Å². The van der Waals surface area contributed by atoms with Crippen LogP contribution in [0.4, 0.5) is 17.1 Å². The number of rotatable bonds is 4. The Bertz CT molecular complexity index is 3030. The van der Waals surface area contributed by atoms with Gasteiger partial charge in [-0.05, 0) is 98.0 Å². The van der Waals surface area contributed by atoms with E-state index in [9.17, 15) is 0 Å². The number of fused-ring (bicyclic) bond motifs is 11. The molecule has 0 fully saturated rings. The van der Waals surface area contributed by atoms with Gasteiger partial charge >= 0.3 is 0 Å². The minimum Gasteiger partial charge on any atom is -0.310 e. The average molecular weight is 684 g/mol. The molecule has 0 aliphatic carbocycles. The highest BCUT2D eigenvalue weighted by Crippen LogP contribution is 2.44. The molecule has 1 nitrogen and oxygen atoms in total. The topological polar surface area (TPSA) is 3.24 Å². The largest absolute Gasteiger partial charge is 0.310 e. The second-order valence-corrected chi connectivity index (χ2v) is 15.5. The van der Waals surface area contributed by atoms with Crippen LogP contribution in [-0.4, -0.2) is 0 Å². The van der Waals surface area contributed by atoms with Crippen molar-refractivity contribution in [1.82, 2.24) is 0 Å². The number of nitrogens with zero attached hydrogens (tertiary/aromatic N) is 1. The summed E-state index contributed by atoms with van der Waals surface area (Å²) in [5.74, 6) is 0. The van der Waals surface area contributed by atoms with Gasteiger partial charge in [-0.25, -0.2) is 0 Å². The molecule has 0 spiro atoms. The predicted octanol–water partition coefficient (Wildman–Crippen LogP) is 15.0. The summed E-state index contributed by atoms with van der Waals surface area (Å²) in [5.41, 5.74) is 5.92. The van der Waals surface area contributed by atoms with Gasteiger partial charge in [0.25, 0.3) is 0 Å². The number of hydrogen-bond acceptors (Lipinski definition) is 3. The van der Waals surface area contributed by atoms with E-state index in [1.165, 1.54) is 83.8 Å². The van der Waals surface area contributed by atoms with Crippen molar-refractivity contribution in [3.63, 3.8) is 0 Å². The van der Waals surface area contributed by atoms with Gasteiger partial charge in [0.05, 0.1) is 0 Å². The van der Waals surface area contributed by atoms with Crippen molar-refractivity contribution in [2.75, 3.05) is 4.90 Å². The zero-order valence-corrected chi connectivity index (χ0v) is 29.1. The van der Waals surface area contributed by atoms with E-state index >= 15 is 0 Å². The van der Waals surface area contributed by atoms with Gasteiger partial charge in [0.1, 0.15) is 0 Å². The van der Waals surface area contributed by atoms with Crippen LogP contribution in [0.25, 0.3) is 83.8 Å². The lowest BCUT2D eigenvalue weighted by atomic mass is 9.91. The molecule has 2 aromatic heterocycles. The summed E-state index contributed by atoms with van der Waals surface area (Å²) in [6.07, 6.45) is 0. The van der Waals surface area contributed by atoms with Crippen LogP contribution >= 0.6 is 22.7 Å². The van der Waals surface area contributed by atoms with E-state index in [-0.39, 0.29) is 0 Å². The van der Waals surface area contributed by atoms with Crippen LogP contribution in [-0.2, 0) is 0 Å². The monoisotopic (exact) mass is 683 g/mol. The summed E-state index contributed by atoms with van der Waals surface area (Å²) in [5, 5.41) is 13.0. The lowest BCUT2D eigenvalue weighted by Crippen LogP contribution is -2.09. The SMILES string of the molecule is c1ccc2c(c1)ccc1cc(-c3ccc(N(c4ccc5c(c4)sc4ccccc45)c4ccc5c(c4)sc4ccccc45)cc3)c3ccccc3c12. The summed E-state index contributed by atoms with van der Waals surface area (Å²) >= 11 is 3.73. The maximum absolute atomic E-state index is 2.42. The highest BCUT2D eigenvalue weighted by atomic mass is 32.1. The van der Waals surface area contributed by atoms with E-state index in [1.54, 1.807) is 0 Å². The van der Waals surface area contributed by atoms with Gasteiger partial charge in [0.2, 0.25) is 0 Å². The Morgan fingerprint density at radius 3 is 1.45 bits per heavy atom. The molecule has 3 heteroatoms. The maximum Gasteiger partial charge on any atom is 0.0476 e. The first kappa shape index (κ1) is 28.8. The molecule has 9 aromatic carbocycles. The van der Waals surface area contributed by atoms with Crippen molar-refractivity contribution >= 4 is 112 Å². The maximum atomic E-state index is 2.42. The Hall–Kier alpha value is -6.00. The number of benzene rings is 9. The molecule has 0 amide bonds. The fourth-order valence-corrected chi connectivity index (χ4v) is 10.3. The molecule has 0 bridgehead atoms. The van der Waals surface area contributed by atoms with E-state index in [4.69, 9.17) is 0 Å². The molecule has 2 heterocycles. The molecule has 238 valence electrons. The van der Waals surface area contributed by atoms with E-state index in [0.29, 0.717) is 0 Å². The predicted molar refractivity (Wildman–Crippen MR) is 225 cm³/mol. The fourth-order valence-electron chi connectivity index (χ4n) is 8.06. The Balaban J connectivity index is 1.09. The summed E-state index contributed by atoms with van der Waals surface area (Å²) in [4.78, 5) is 2.42. The first-order valence-electron chi connectivity index (χ1n) is 17.3. The van der Waals surface area contributed by atoms with Gasteiger partial charge in [-0.1, -0.05) is 121 Å². The first-order valence-corrected chi connectivity index (χ1v) is 19.0. The molecule has 0 saturated heterocycles. The molecule has 11 aromatic rings. The summed E-state index contributed by atoms with van der Waals surface area (Å²) in [6, 6.07) is 65.0. The Morgan fingerprint density at radius 1 is 0.314 bits per heavy atom. The molecule has 0 saturated carbocycles.